The lowest BCUT2D eigenvalue weighted by molar-refractivity contribution is 0.532. The molecule has 2 aromatic heterocycles. The highest BCUT2D eigenvalue weighted by molar-refractivity contribution is 6.29. The number of nitrogen functional groups attached to an aromatic ring is 1. The number of nitrogens with zero attached hydrogens (tertiary/aromatic N) is 3. The number of hydrogen-bond acceptors (Lipinski definition) is 5. The van der Waals surface area contributed by atoms with Crippen molar-refractivity contribution in [3.63, 3.8) is 0 Å². The van der Waals surface area contributed by atoms with Crippen LogP contribution in [0.15, 0.2) is 16.5 Å². The van der Waals surface area contributed by atoms with Crippen molar-refractivity contribution in [1.82, 2.24) is 15.2 Å². The van der Waals surface area contributed by atoms with Gasteiger partial charge in [-0.15, -0.1) is 10.2 Å². The Morgan fingerprint density at radius 2 is 2.14 bits per heavy atom. The first-order chi connectivity index (χ1) is 6.65. The average Bonchev–Trinajstić information content (AvgIpc) is 2.50. The molecule has 0 amide bonds. The van der Waals surface area contributed by atoms with Gasteiger partial charge in [0.25, 0.3) is 0 Å². The molecule has 2 N–H and O–H groups in total. The number of aryl methyl sites for hydroxylation is 1. The summed E-state index contributed by atoms with van der Waals surface area (Å²) in [4.78, 5) is 3.82. The summed E-state index contributed by atoms with van der Waals surface area (Å²) < 4.78 is 5.22. The number of pyridine rings is 1. The van der Waals surface area contributed by atoms with Crippen molar-refractivity contribution in [1.29, 1.82) is 0 Å². The van der Waals surface area contributed by atoms with E-state index in [0.717, 1.165) is 0 Å². The van der Waals surface area contributed by atoms with E-state index in [-0.39, 0.29) is 0 Å². The van der Waals surface area contributed by atoms with Gasteiger partial charge >= 0.3 is 0 Å². The Kier molecular flexibility index (Phi) is 2.09. The number of nitrogens with two attached hydrogens (primary N) is 1. The van der Waals surface area contributed by atoms with Crippen molar-refractivity contribution in [2.45, 2.75) is 6.92 Å². The molecular formula is C8H7ClN4O. The van der Waals surface area contributed by atoms with Crippen molar-refractivity contribution >= 4 is 17.4 Å². The van der Waals surface area contributed by atoms with Crippen molar-refractivity contribution in [2.24, 2.45) is 0 Å². The molecule has 0 aliphatic rings. The highest BCUT2D eigenvalue weighted by atomic mass is 35.5. The summed E-state index contributed by atoms with van der Waals surface area (Å²) in [6.07, 6.45) is 0. The summed E-state index contributed by atoms with van der Waals surface area (Å²) in [7, 11) is 0. The maximum atomic E-state index is 5.73. The van der Waals surface area contributed by atoms with Gasteiger partial charge in [-0.1, -0.05) is 11.6 Å². The third-order valence-corrected chi connectivity index (χ3v) is 1.78. The maximum absolute atomic E-state index is 5.73. The van der Waals surface area contributed by atoms with Crippen LogP contribution in [0.1, 0.15) is 5.89 Å². The Balaban J connectivity index is 2.51. The van der Waals surface area contributed by atoms with E-state index in [1.165, 1.54) is 0 Å². The normalized spacial score (nSPS) is 10.4. The first-order valence-corrected chi connectivity index (χ1v) is 4.26. The summed E-state index contributed by atoms with van der Waals surface area (Å²) >= 11 is 5.73. The molecule has 72 valence electrons. The fourth-order valence-electron chi connectivity index (χ4n) is 1.05. The molecule has 0 aliphatic carbocycles. The number of halogens is 1. The summed E-state index contributed by atoms with van der Waals surface area (Å²) in [5, 5.41) is 7.84. The lowest BCUT2D eigenvalue weighted by atomic mass is 10.2. The van der Waals surface area contributed by atoms with Crippen LogP contribution >= 0.6 is 11.6 Å². The van der Waals surface area contributed by atoms with E-state index in [1.54, 1.807) is 19.1 Å². The second-order valence-electron chi connectivity index (χ2n) is 2.73. The predicted octanol–water partition coefficient (Wildman–Crippen LogP) is 1.68. The van der Waals surface area contributed by atoms with Crippen LogP contribution < -0.4 is 5.73 Å². The van der Waals surface area contributed by atoms with Crippen LogP contribution in [-0.4, -0.2) is 15.2 Å². The van der Waals surface area contributed by atoms with Crippen molar-refractivity contribution in [2.75, 3.05) is 5.73 Å². The van der Waals surface area contributed by atoms with E-state index in [2.05, 4.69) is 15.2 Å². The Bertz CT molecular complexity index is 448. The third kappa shape index (κ3) is 1.67. The minimum absolute atomic E-state index is 0.302. The van der Waals surface area contributed by atoms with Gasteiger partial charge < -0.3 is 10.2 Å². The van der Waals surface area contributed by atoms with Gasteiger partial charge in [0.1, 0.15) is 11.0 Å². The molecule has 0 saturated heterocycles. The Morgan fingerprint density at radius 1 is 1.36 bits per heavy atom. The zero-order valence-electron chi connectivity index (χ0n) is 7.36. The molecule has 0 radical (unpaired) electrons. The average molecular weight is 211 g/mol. The molecule has 2 heterocycles. The SMILES string of the molecule is Cc1nnc(-c2cc(N)nc(Cl)c2)o1. The lowest BCUT2D eigenvalue weighted by Crippen LogP contribution is -1.91. The van der Waals surface area contributed by atoms with Crippen molar-refractivity contribution in [3.05, 3.63) is 23.2 Å². The Morgan fingerprint density at radius 3 is 2.71 bits per heavy atom. The fourth-order valence-corrected chi connectivity index (χ4v) is 1.27. The van der Waals surface area contributed by atoms with Crippen molar-refractivity contribution < 1.29 is 4.42 Å². The van der Waals surface area contributed by atoms with E-state index >= 15 is 0 Å². The van der Waals surface area contributed by atoms with Gasteiger partial charge in [0.15, 0.2) is 0 Å². The number of rotatable bonds is 1. The maximum Gasteiger partial charge on any atom is 0.247 e. The fraction of sp³-hybridized carbons (Fsp3) is 0.125. The standard InChI is InChI=1S/C8H7ClN4O/c1-4-12-13-8(14-4)5-2-6(9)11-7(10)3-5/h2-3H,1H3,(H2,10,11). The van der Waals surface area contributed by atoms with E-state index in [4.69, 9.17) is 21.8 Å². The van der Waals surface area contributed by atoms with E-state index in [9.17, 15) is 0 Å². The van der Waals surface area contributed by atoms with Gasteiger partial charge in [-0.25, -0.2) is 4.98 Å². The van der Waals surface area contributed by atoms with Crippen LogP contribution in [-0.2, 0) is 0 Å². The van der Waals surface area contributed by atoms with Crippen LogP contribution in [0.4, 0.5) is 5.82 Å². The van der Waals surface area contributed by atoms with Gasteiger partial charge in [0.05, 0.1) is 0 Å². The first kappa shape index (κ1) is 8.96. The van der Waals surface area contributed by atoms with E-state index < -0.39 is 0 Å². The summed E-state index contributed by atoms with van der Waals surface area (Å²) in [5.74, 6) is 1.20. The van der Waals surface area contributed by atoms with Crippen molar-refractivity contribution in [3.8, 4) is 11.5 Å². The molecule has 0 spiro atoms. The Hall–Kier alpha value is -1.62. The quantitative estimate of drug-likeness (QED) is 0.725. The van der Waals surface area contributed by atoms with Gasteiger partial charge in [-0.3, -0.25) is 0 Å². The van der Waals surface area contributed by atoms with E-state index in [1.807, 2.05) is 0 Å². The highest BCUT2D eigenvalue weighted by Gasteiger charge is 2.07. The molecular weight excluding hydrogens is 204 g/mol. The van der Waals surface area contributed by atoms with Gasteiger partial charge in [0.2, 0.25) is 11.8 Å². The van der Waals surface area contributed by atoms with Crippen LogP contribution in [0.5, 0.6) is 0 Å². The van der Waals surface area contributed by atoms with Gasteiger partial charge in [-0.2, -0.15) is 0 Å². The van der Waals surface area contributed by atoms with Crippen LogP contribution in [0, 0.1) is 6.92 Å². The third-order valence-electron chi connectivity index (χ3n) is 1.59. The molecule has 0 atom stereocenters. The summed E-state index contributed by atoms with van der Waals surface area (Å²) in [6, 6.07) is 3.24. The summed E-state index contributed by atoms with van der Waals surface area (Å²) in [5.41, 5.74) is 6.19. The van der Waals surface area contributed by atoms with Gasteiger partial charge in [-0.05, 0) is 12.1 Å². The molecule has 0 saturated carbocycles. The van der Waals surface area contributed by atoms with Crippen LogP contribution in [0.2, 0.25) is 5.15 Å². The molecule has 14 heavy (non-hydrogen) atoms. The second kappa shape index (κ2) is 3.26. The van der Waals surface area contributed by atoms with Gasteiger partial charge in [0, 0.05) is 12.5 Å². The zero-order valence-corrected chi connectivity index (χ0v) is 8.12. The molecule has 0 aromatic carbocycles. The monoisotopic (exact) mass is 210 g/mol. The topological polar surface area (TPSA) is 77.8 Å². The second-order valence-corrected chi connectivity index (χ2v) is 3.12. The minimum atomic E-state index is 0.302. The van der Waals surface area contributed by atoms with Crippen LogP contribution in [0.25, 0.3) is 11.5 Å². The molecule has 2 rings (SSSR count). The largest absolute Gasteiger partial charge is 0.421 e. The number of aromatic nitrogens is 3. The molecule has 2 aromatic rings. The Labute approximate surface area is 84.9 Å². The first-order valence-electron chi connectivity index (χ1n) is 3.89. The van der Waals surface area contributed by atoms with E-state index in [0.29, 0.717) is 28.3 Å². The molecule has 0 fully saturated rings. The molecule has 0 aliphatic heterocycles. The van der Waals surface area contributed by atoms with Crippen LogP contribution in [0.3, 0.4) is 0 Å². The molecule has 0 bridgehead atoms. The molecule has 0 unspecified atom stereocenters. The molecule has 5 nitrogen and oxygen atoms in total. The lowest BCUT2D eigenvalue weighted by Gasteiger charge is -1.97. The molecule has 6 heteroatoms. The summed E-state index contributed by atoms with van der Waals surface area (Å²) in [6.45, 7) is 1.71. The smallest absolute Gasteiger partial charge is 0.247 e. The zero-order chi connectivity index (χ0) is 10.1. The highest BCUT2D eigenvalue weighted by Crippen LogP contribution is 2.22. The predicted molar refractivity (Wildman–Crippen MR) is 51.7 cm³/mol. The minimum Gasteiger partial charge on any atom is -0.421 e. The number of hydrogen-bond donors (Lipinski definition) is 1. The number of anilines is 1.